The minimum absolute atomic E-state index is 0.0962. The molecule has 0 bridgehead atoms. The molecule has 0 spiro atoms. The van der Waals surface area contributed by atoms with E-state index < -0.39 is 0 Å². The van der Waals surface area contributed by atoms with Gasteiger partial charge in [0.2, 0.25) is 0 Å². The Labute approximate surface area is 162 Å². The molecule has 0 aromatic rings. The number of ether oxygens (including phenoxy) is 1. The first-order valence-electron chi connectivity index (χ1n) is 10.6. The van der Waals surface area contributed by atoms with E-state index in [1.165, 1.54) is 12.5 Å². The summed E-state index contributed by atoms with van der Waals surface area (Å²) < 4.78 is 5.55. The van der Waals surface area contributed by atoms with Gasteiger partial charge in [0, 0.05) is 31.1 Å². The Bertz CT molecular complexity index is 722. The predicted molar refractivity (Wildman–Crippen MR) is 102 cm³/mol. The normalized spacial score (nSPS) is 44.7. The SMILES string of the molecule is CC(=O)O[C@@H](C)[C@@H]1CC(=O)[C@@]2(C)CC[C@H]3[C@@H](CCC4=CC(=O)CC[C@@]43C)[C@H]12. The van der Waals surface area contributed by atoms with Crippen LogP contribution in [0.5, 0.6) is 0 Å². The molecule has 3 saturated carbocycles. The molecule has 4 aliphatic rings. The number of Topliss-reactive ketones (excluding diaryl/α,β-unsaturated/α-hetero) is 1. The number of carbonyl (C=O) groups excluding carboxylic acids is 3. The summed E-state index contributed by atoms with van der Waals surface area (Å²) in [6.45, 7) is 7.93. The van der Waals surface area contributed by atoms with Crippen molar-refractivity contribution in [3.05, 3.63) is 11.6 Å². The molecule has 0 aliphatic heterocycles. The predicted octanol–water partition coefficient (Wildman–Crippen LogP) is 4.27. The first-order valence-corrected chi connectivity index (χ1v) is 10.6. The van der Waals surface area contributed by atoms with E-state index in [-0.39, 0.29) is 40.5 Å². The number of fused-ring (bicyclic) bond motifs is 5. The molecule has 4 nitrogen and oxygen atoms in total. The molecule has 148 valence electrons. The summed E-state index contributed by atoms with van der Waals surface area (Å²) in [6.07, 6.45) is 7.86. The molecular formula is C23H32O4. The number of esters is 1. The van der Waals surface area contributed by atoms with Crippen LogP contribution in [0.4, 0.5) is 0 Å². The second-order valence-corrected chi connectivity index (χ2v) is 9.95. The van der Waals surface area contributed by atoms with E-state index in [9.17, 15) is 14.4 Å². The summed E-state index contributed by atoms with van der Waals surface area (Å²) in [5, 5.41) is 0. The number of ketones is 2. The first-order chi connectivity index (χ1) is 12.7. The van der Waals surface area contributed by atoms with E-state index in [4.69, 9.17) is 4.74 Å². The topological polar surface area (TPSA) is 60.4 Å². The van der Waals surface area contributed by atoms with Gasteiger partial charge in [0.25, 0.3) is 0 Å². The van der Waals surface area contributed by atoms with Crippen molar-refractivity contribution in [1.82, 2.24) is 0 Å². The van der Waals surface area contributed by atoms with E-state index in [0.29, 0.717) is 30.5 Å². The van der Waals surface area contributed by atoms with Crippen molar-refractivity contribution in [2.24, 2.45) is 34.5 Å². The summed E-state index contributed by atoms with van der Waals surface area (Å²) in [5.74, 6) is 1.80. The minimum atomic E-state index is -0.275. The molecule has 0 unspecified atom stereocenters. The molecule has 0 amide bonds. The van der Waals surface area contributed by atoms with Gasteiger partial charge in [0.1, 0.15) is 11.9 Å². The van der Waals surface area contributed by atoms with Crippen molar-refractivity contribution in [2.45, 2.75) is 78.7 Å². The molecule has 0 saturated heterocycles. The van der Waals surface area contributed by atoms with Crippen LogP contribution >= 0.6 is 0 Å². The molecule has 0 aromatic carbocycles. The smallest absolute Gasteiger partial charge is 0.302 e. The summed E-state index contributed by atoms with van der Waals surface area (Å²) in [5.41, 5.74) is 1.17. The number of carbonyl (C=O) groups is 3. The molecule has 7 atom stereocenters. The molecule has 4 rings (SSSR count). The van der Waals surface area contributed by atoms with Gasteiger partial charge in [-0.05, 0) is 68.3 Å². The van der Waals surface area contributed by atoms with Gasteiger partial charge in [-0.25, -0.2) is 0 Å². The number of hydrogen-bond donors (Lipinski definition) is 0. The fourth-order valence-electron chi connectivity index (χ4n) is 7.31. The standard InChI is InChI=1S/C23H32O4/c1-13(27-14(2)24)18-12-20(26)23(4)10-8-19-17(21(18)23)6-5-15-11-16(25)7-9-22(15,19)3/h11,13,17-19,21H,5-10,12H2,1-4H3/t13-,17+,18-,19-,21+,22-,23+/m0/s1. The van der Waals surface area contributed by atoms with Crippen LogP contribution in [-0.2, 0) is 19.1 Å². The number of hydrogen-bond acceptors (Lipinski definition) is 4. The van der Waals surface area contributed by atoms with Crippen LogP contribution in [0.3, 0.4) is 0 Å². The zero-order valence-corrected chi connectivity index (χ0v) is 17.0. The zero-order chi connectivity index (χ0) is 19.6. The van der Waals surface area contributed by atoms with E-state index >= 15 is 0 Å². The highest BCUT2D eigenvalue weighted by atomic mass is 16.5. The summed E-state index contributed by atoms with van der Waals surface area (Å²) in [4.78, 5) is 36.5. The lowest BCUT2D eigenvalue weighted by Gasteiger charge is -2.57. The lowest BCUT2D eigenvalue weighted by Crippen LogP contribution is -2.52. The average Bonchev–Trinajstić information content (AvgIpc) is 2.87. The zero-order valence-electron chi connectivity index (χ0n) is 17.0. The van der Waals surface area contributed by atoms with Crippen molar-refractivity contribution in [3.8, 4) is 0 Å². The van der Waals surface area contributed by atoms with Gasteiger partial charge in [-0.1, -0.05) is 19.4 Å². The highest BCUT2D eigenvalue weighted by molar-refractivity contribution is 5.91. The summed E-state index contributed by atoms with van der Waals surface area (Å²) >= 11 is 0. The fraction of sp³-hybridized carbons (Fsp3) is 0.783. The van der Waals surface area contributed by atoms with E-state index in [1.54, 1.807) is 0 Å². The Balaban J connectivity index is 1.69. The Hall–Kier alpha value is -1.45. The van der Waals surface area contributed by atoms with Gasteiger partial charge in [0.15, 0.2) is 5.78 Å². The minimum Gasteiger partial charge on any atom is -0.463 e. The molecular weight excluding hydrogens is 340 g/mol. The monoisotopic (exact) mass is 372 g/mol. The third-order valence-electron chi connectivity index (χ3n) is 8.69. The summed E-state index contributed by atoms with van der Waals surface area (Å²) in [7, 11) is 0. The van der Waals surface area contributed by atoms with E-state index in [1.807, 2.05) is 13.0 Å². The lowest BCUT2D eigenvalue weighted by atomic mass is 9.46. The van der Waals surface area contributed by atoms with E-state index in [2.05, 4.69) is 13.8 Å². The van der Waals surface area contributed by atoms with Crippen molar-refractivity contribution in [3.63, 3.8) is 0 Å². The second kappa shape index (κ2) is 6.28. The van der Waals surface area contributed by atoms with Gasteiger partial charge in [-0.2, -0.15) is 0 Å². The van der Waals surface area contributed by atoms with Gasteiger partial charge < -0.3 is 4.74 Å². The Morgan fingerprint density at radius 3 is 2.59 bits per heavy atom. The largest absolute Gasteiger partial charge is 0.463 e. The van der Waals surface area contributed by atoms with Crippen molar-refractivity contribution in [2.75, 3.05) is 0 Å². The molecule has 4 heteroatoms. The van der Waals surface area contributed by atoms with Crippen LogP contribution < -0.4 is 0 Å². The summed E-state index contributed by atoms with van der Waals surface area (Å²) in [6, 6.07) is 0. The molecule has 0 radical (unpaired) electrons. The van der Waals surface area contributed by atoms with Crippen molar-refractivity contribution in [1.29, 1.82) is 0 Å². The third kappa shape index (κ3) is 2.74. The number of allylic oxidation sites excluding steroid dienone is 1. The average molecular weight is 373 g/mol. The number of rotatable bonds is 2. The van der Waals surface area contributed by atoms with Crippen LogP contribution in [-0.4, -0.2) is 23.6 Å². The van der Waals surface area contributed by atoms with Gasteiger partial charge in [-0.15, -0.1) is 0 Å². The van der Waals surface area contributed by atoms with Crippen molar-refractivity contribution < 1.29 is 19.1 Å². The van der Waals surface area contributed by atoms with Crippen LogP contribution in [0.1, 0.15) is 72.6 Å². The van der Waals surface area contributed by atoms with Crippen molar-refractivity contribution >= 4 is 17.5 Å². The van der Waals surface area contributed by atoms with Crippen LogP contribution in [0.25, 0.3) is 0 Å². The quantitative estimate of drug-likeness (QED) is 0.679. The Morgan fingerprint density at radius 2 is 1.89 bits per heavy atom. The van der Waals surface area contributed by atoms with Crippen LogP contribution in [0.15, 0.2) is 11.6 Å². The first kappa shape index (κ1) is 18.9. The fourth-order valence-corrected chi connectivity index (χ4v) is 7.31. The van der Waals surface area contributed by atoms with E-state index in [0.717, 1.165) is 32.1 Å². The molecule has 27 heavy (non-hydrogen) atoms. The maximum absolute atomic E-state index is 13.0. The highest BCUT2D eigenvalue weighted by Gasteiger charge is 2.62. The molecule has 0 heterocycles. The van der Waals surface area contributed by atoms with Gasteiger partial charge >= 0.3 is 5.97 Å². The maximum Gasteiger partial charge on any atom is 0.302 e. The molecule has 3 fully saturated rings. The lowest BCUT2D eigenvalue weighted by molar-refractivity contribution is -0.151. The highest BCUT2D eigenvalue weighted by Crippen LogP contribution is 2.66. The molecule has 0 N–H and O–H groups in total. The van der Waals surface area contributed by atoms with Crippen LogP contribution in [0, 0.1) is 34.5 Å². The third-order valence-corrected chi connectivity index (χ3v) is 8.69. The maximum atomic E-state index is 13.0. The molecule has 0 aromatic heterocycles. The molecule has 4 aliphatic carbocycles. The van der Waals surface area contributed by atoms with Gasteiger partial charge in [-0.3, -0.25) is 14.4 Å². The Kier molecular flexibility index (Phi) is 4.40. The van der Waals surface area contributed by atoms with Crippen LogP contribution in [0.2, 0.25) is 0 Å². The Morgan fingerprint density at radius 1 is 1.15 bits per heavy atom. The van der Waals surface area contributed by atoms with Gasteiger partial charge in [0.05, 0.1) is 0 Å². The second-order valence-electron chi connectivity index (χ2n) is 9.95.